The number of rotatable bonds is 16. The Labute approximate surface area is 706 Å². The van der Waals surface area contributed by atoms with Gasteiger partial charge in [-0.05, 0) is 426 Å². The molecule has 0 aromatic carbocycles. The molecule has 16 fully saturated rings. The van der Waals surface area contributed by atoms with E-state index in [1.807, 2.05) is 48.5 Å². The van der Waals surface area contributed by atoms with Crippen molar-refractivity contribution in [2.75, 3.05) is 20.4 Å². The van der Waals surface area contributed by atoms with E-state index in [1.54, 1.807) is 32.2 Å². The van der Waals surface area contributed by atoms with E-state index in [0.717, 1.165) is 192 Å². The van der Waals surface area contributed by atoms with Crippen molar-refractivity contribution >= 4 is 23.1 Å². The number of furan rings is 4. The largest absolute Gasteiger partial charge is 0.469 e. The van der Waals surface area contributed by atoms with Crippen LogP contribution >= 0.6 is 0 Å². The average Bonchev–Trinajstić information content (AvgIpc) is 1.63. The summed E-state index contributed by atoms with van der Waals surface area (Å²) in [7, 11) is 1.70. The van der Waals surface area contributed by atoms with Crippen molar-refractivity contribution in [3.05, 3.63) is 96.6 Å². The first-order chi connectivity index (χ1) is 56.9. The molecule has 0 unspecified atom stereocenters. The average molecular weight is 1650 g/mol. The fourth-order valence-corrected chi connectivity index (χ4v) is 33.8. The fraction of sp³-hybridized carbons (Fsp3) is 0.804. The first-order valence-electron chi connectivity index (χ1n) is 48.1. The maximum absolute atomic E-state index is 13.4. The maximum atomic E-state index is 13.4. The quantitative estimate of drug-likeness (QED) is 0.0770. The molecule has 20 rings (SSSR count). The van der Waals surface area contributed by atoms with Crippen molar-refractivity contribution in [1.82, 2.24) is 0 Å². The predicted octanol–water partition coefficient (Wildman–Crippen LogP) is 22.2. The highest BCUT2D eigenvalue weighted by Crippen LogP contribution is 2.71. The standard InChI is InChI=1S/C26H38O4.C26H38O3.C25H33F3O3.C25H35FO3/c1-25-11-9-20-19-10-12-26(28,16-29-2)15-17(19)5-6-21(20)22(25)7-8-23(25)24(27)14-18-4-3-13-30-18;1-3-26(28)13-11-19-17(16-26)6-7-21-20(19)10-12-25(2)22(21)8-9-23(25)24(27)15-18-5-4-14-29-18;1-23-10-8-18-17-9-11-24(30,25(26,27)28)14-15(17)4-5-19(18)20(23)6-7-21(23)22(29)13-16-3-2-12-31-16;1-24-10-8-19-18-9-11-25(28,15-26)14-16(18)4-5-20(19)21(24)6-7-22(24)23(27)13-17-3-2-12-29-17/h3-4,13,17,19-23,28H,5-12,14-16H2,1-2H3;4-5,14,17,19-23,28H,3,6-13,15-16H2,1-2H3;2-3,12,15,17-21,30H,4-11,13-14H2,1H3;2-3,12,16,18-22,28H,4-11,13-15H2,1H3/t2*17-,19-,20+,21+,22-,23+,25-,26+;15-,17-,18+,19+,20-,21+,23-,24+;16-,18-,19+,20+,21-,22+,24-,25+/m0000/s1. The summed E-state index contributed by atoms with van der Waals surface area (Å²) in [6.45, 7) is 11.6. The van der Waals surface area contributed by atoms with E-state index < -0.39 is 35.3 Å². The van der Waals surface area contributed by atoms with E-state index in [9.17, 15) is 57.2 Å². The second-order valence-corrected chi connectivity index (χ2v) is 44.4. The molecular formula is C102H144F4O13. The third kappa shape index (κ3) is 16.2. The molecule has 0 saturated heterocycles. The van der Waals surface area contributed by atoms with Gasteiger partial charge in [-0.25, -0.2) is 4.39 Å². The van der Waals surface area contributed by atoms with Gasteiger partial charge < -0.3 is 42.8 Å². The van der Waals surface area contributed by atoms with Crippen LogP contribution in [0.3, 0.4) is 0 Å². The Hall–Kier alpha value is -4.68. The Morgan fingerprint density at radius 2 is 0.639 bits per heavy atom. The molecule has 658 valence electrons. The minimum Gasteiger partial charge on any atom is -0.469 e. The van der Waals surface area contributed by atoms with E-state index in [-0.39, 0.29) is 69.9 Å². The van der Waals surface area contributed by atoms with Crippen LogP contribution in [0.4, 0.5) is 17.6 Å². The Morgan fingerprint density at radius 3 is 0.924 bits per heavy atom. The molecule has 16 saturated carbocycles. The third-order valence-electron chi connectivity index (χ3n) is 39.4. The van der Waals surface area contributed by atoms with Crippen LogP contribution in [0, 0.1) is 164 Å². The number of ketones is 4. The van der Waals surface area contributed by atoms with Crippen molar-refractivity contribution in [3.63, 3.8) is 0 Å². The van der Waals surface area contributed by atoms with Crippen LogP contribution in [0.25, 0.3) is 0 Å². The number of ether oxygens (including phenoxy) is 1. The van der Waals surface area contributed by atoms with Crippen LogP contribution in [-0.2, 0) is 49.6 Å². The highest BCUT2D eigenvalue weighted by Gasteiger charge is 2.66. The van der Waals surface area contributed by atoms with Gasteiger partial charge in [-0.3, -0.25) is 19.2 Å². The van der Waals surface area contributed by atoms with Crippen molar-refractivity contribution in [2.24, 2.45) is 164 Å². The smallest absolute Gasteiger partial charge is 0.417 e. The number of fused-ring (bicyclic) bond motifs is 20. The zero-order valence-corrected chi connectivity index (χ0v) is 72.7. The van der Waals surface area contributed by atoms with Crippen molar-refractivity contribution in [1.29, 1.82) is 0 Å². The Bertz CT molecular complexity index is 3970. The number of Topliss-reactive ketones (excluding diaryl/α,β-unsaturated/α-hetero) is 4. The van der Waals surface area contributed by atoms with E-state index in [2.05, 4.69) is 34.6 Å². The molecule has 0 radical (unpaired) electrons. The monoisotopic (exact) mass is 1650 g/mol. The van der Waals surface area contributed by atoms with Crippen LogP contribution < -0.4 is 0 Å². The van der Waals surface area contributed by atoms with Gasteiger partial charge in [-0.15, -0.1) is 0 Å². The van der Waals surface area contributed by atoms with E-state index >= 15 is 0 Å². The number of aliphatic hydroxyl groups is 4. The molecule has 4 heterocycles. The van der Waals surface area contributed by atoms with Crippen LogP contribution in [-0.4, -0.2) is 92.5 Å². The summed E-state index contributed by atoms with van der Waals surface area (Å²) in [4.78, 5) is 52.6. The zero-order chi connectivity index (χ0) is 83.4. The van der Waals surface area contributed by atoms with Gasteiger partial charge in [0.15, 0.2) is 5.60 Å². The lowest BCUT2D eigenvalue weighted by Crippen LogP contribution is -2.55. The normalized spacial score (nSPS) is 45.9. The number of halogens is 4. The van der Waals surface area contributed by atoms with E-state index in [4.69, 9.17) is 22.4 Å². The van der Waals surface area contributed by atoms with Gasteiger partial charge in [0.1, 0.15) is 52.8 Å². The van der Waals surface area contributed by atoms with Gasteiger partial charge in [0, 0.05) is 30.8 Å². The molecule has 16 aliphatic carbocycles. The number of hydrogen-bond donors (Lipinski definition) is 4. The number of carbonyl (C=O) groups is 4. The molecule has 13 nitrogen and oxygen atoms in total. The molecule has 4 aromatic heterocycles. The Morgan fingerprint density at radius 1 is 0.361 bits per heavy atom. The molecule has 0 bridgehead atoms. The van der Waals surface area contributed by atoms with Crippen molar-refractivity contribution < 1.29 is 79.6 Å². The first kappa shape index (κ1) is 86.4. The number of hydrogen-bond acceptors (Lipinski definition) is 13. The molecule has 4 aromatic rings. The topological polar surface area (TPSA) is 211 Å². The van der Waals surface area contributed by atoms with Gasteiger partial charge in [0.25, 0.3) is 0 Å². The second kappa shape index (κ2) is 33.9. The minimum absolute atomic E-state index is 0.000940. The Balaban J connectivity index is 0.000000113. The Kier molecular flexibility index (Phi) is 24.6. The van der Waals surface area contributed by atoms with Crippen LogP contribution in [0.2, 0.25) is 0 Å². The molecule has 17 heteroatoms. The fourth-order valence-electron chi connectivity index (χ4n) is 33.8. The third-order valence-corrected chi connectivity index (χ3v) is 39.4. The molecule has 4 N–H and O–H groups in total. The summed E-state index contributed by atoms with van der Waals surface area (Å²) in [5.41, 5.74) is -4.07. The summed E-state index contributed by atoms with van der Waals surface area (Å²) in [6, 6.07) is 15.1. The van der Waals surface area contributed by atoms with Crippen molar-refractivity contribution in [3.8, 4) is 0 Å². The zero-order valence-electron chi connectivity index (χ0n) is 72.7. The van der Waals surface area contributed by atoms with E-state index in [1.165, 1.54) is 89.9 Å². The second-order valence-electron chi connectivity index (χ2n) is 44.4. The van der Waals surface area contributed by atoms with Crippen molar-refractivity contribution in [2.45, 2.75) is 326 Å². The number of carbonyl (C=O) groups excluding carboxylic acids is 4. The molecular weight excluding hydrogens is 1510 g/mol. The van der Waals surface area contributed by atoms with Gasteiger partial charge >= 0.3 is 6.18 Å². The molecule has 0 spiro atoms. The molecule has 0 amide bonds. The van der Waals surface area contributed by atoms with Gasteiger partial charge in [0.2, 0.25) is 0 Å². The summed E-state index contributed by atoms with van der Waals surface area (Å²) < 4.78 is 80.7. The number of methoxy groups -OCH3 is 1. The highest BCUT2D eigenvalue weighted by atomic mass is 19.4. The molecule has 16 aliphatic rings. The lowest BCUT2D eigenvalue weighted by Gasteiger charge is -2.57. The maximum Gasteiger partial charge on any atom is 0.417 e. The van der Waals surface area contributed by atoms with Crippen LogP contribution in [0.5, 0.6) is 0 Å². The van der Waals surface area contributed by atoms with Crippen LogP contribution in [0.1, 0.15) is 295 Å². The van der Waals surface area contributed by atoms with E-state index in [0.29, 0.717) is 128 Å². The summed E-state index contributed by atoms with van der Waals surface area (Å²) >= 11 is 0. The summed E-state index contributed by atoms with van der Waals surface area (Å²) in [5.74, 6) is 17.8. The summed E-state index contributed by atoms with van der Waals surface area (Å²) in [6.07, 6.45) is 40.7. The van der Waals surface area contributed by atoms with Gasteiger partial charge in [0.05, 0.1) is 74.1 Å². The highest BCUT2D eigenvalue weighted by molar-refractivity contribution is 5.86. The molecule has 32 atom stereocenters. The summed E-state index contributed by atoms with van der Waals surface area (Å²) in [5, 5.41) is 42.5. The number of alkyl halides is 4. The molecule has 119 heavy (non-hydrogen) atoms. The van der Waals surface area contributed by atoms with Crippen LogP contribution in [0.15, 0.2) is 91.3 Å². The first-order valence-corrected chi connectivity index (χ1v) is 48.1. The SMILES string of the molecule is CC[C@@]1(O)CC[C@H]2[C@@H](CC[C@@H]3[C@@H]2CC[C@]2(C)[C@@H](C(=O)Cc4ccco4)CC[C@@H]32)C1.COC[C@@]1(O)CC[C@H]2[C@@H](CC[C@@H]3[C@@H]2CC[C@]2(C)[C@@H](C(=O)Cc4ccco4)CC[C@@H]32)C1.C[C@]12CC[C@H]3[C@@H](CC[C@H]4C[C@@](O)(C(F)(F)F)CC[C@@H]43)[C@@H]1CC[C@@H]2C(=O)Cc1ccco1.C[C@]12CC[C@H]3[C@@H](CC[C@H]4C[C@@](O)(CF)CC[C@@H]43)[C@@H]1CC[C@@H]2C(=O)Cc1ccco1. The molecule has 0 aliphatic heterocycles. The van der Waals surface area contributed by atoms with Gasteiger partial charge in [-0.1, -0.05) is 34.6 Å². The predicted molar refractivity (Wildman–Crippen MR) is 446 cm³/mol. The minimum atomic E-state index is -4.53. The van der Waals surface area contributed by atoms with Gasteiger partial charge in [-0.2, -0.15) is 13.2 Å². The lowest BCUT2D eigenvalue weighted by atomic mass is 9.48. The lowest BCUT2D eigenvalue weighted by molar-refractivity contribution is -0.282.